The molecule has 2 saturated heterocycles. The lowest BCUT2D eigenvalue weighted by Gasteiger charge is -2.27. The van der Waals surface area contributed by atoms with Gasteiger partial charge in [-0.05, 0) is 49.4 Å². The van der Waals surface area contributed by atoms with Crippen LogP contribution in [0.1, 0.15) is 44.6 Å². The highest BCUT2D eigenvalue weighted by Gasteiger charge is 2.42. The van der Waals surface area contributed by atoms with E-state index in [1.54, 1.807) is 10.4 Å². The maximum atomic E-state index is 13.1. The van der Waals surface area contributed by atoms with E-state index in [0.29, 0.717) is 10.8 Å². The SMILES string of the molecule is CC(C)c1cccc(S(=O)(=O)N2C3CCNCC2CC3)c1.Cl. The van der Waals surface area contributed by atoms with Crippen LogP contribution in [0.4, 0.5) is 0 Å². The highest BCUT2D eigenvalue weighted by atomic mass is 35.5. The van der Waals surface area contributed by atoms with Crippen molar-refractivity contribution in [3.63, 3.8) is 0 Å². The molecule has 0 radical (unpaired) electrons. The normalized spacial score (nSPS) is 25.8. The standard InChI is InChI=1S/C16H24N2O2S.ClH/c1-12(2)13-4-3-5-16(10-13)21(19,20)18-14-6-7-15(18)11-17-9-8-14;/h3-5,10,12,14-15,17H,6-9,11H2,1-2H3;1H. The molecule has 2 atom stereocenters. The van der Waals surface area contributed by atoms with Crippen LogP contribution in [0.3, 0.4) is 0 Å². The Labute approximate surface area is 139 Å². The van der Waals surface area contributed by atoms with Crippen LogP contribution >= 0.6 is 12.4 Å². The van der Waals surface area contributed by atoms with Gasteiger partial charge in [-0.3, -0.25) is 0 Å². The second kappa shape index (κ2) is 6.87. The van der Waals surface area contributed by atoms with Gasteiger partial charge < -0.3 is 5.32 Å². The number of nitrogens with zero attached hydrogens (tertiary/aromatic N) is 1. The Morgan fingerprint density at radius 3 is 2.64 bits per heavy atom. The van der Waals surface area contributed by atoms with Crippen LogP contribution < -0.4 is 5.32 Å². The molecule has 0 saturated carbocycles. The average molecular weight is 345 g/mol. The van der Waals surface area contributed by atoms with Crippen molar-refractivity contribution >= 4 is 22.4 Å². The molecular weight excluding hydrogens is 320 g/mol. The van der Waals surface area contributed by atoms with Crippen molar-refractivity contribution in [3.05, 3.63) is 29.8 Å². The summed E-state index contributed by atoms with van der Waals surface area (Å²) in [6.07, 6.45) is 2.88. The fraction of sp³-hybridized carbons (Fsp3) is 0.625. The molecule has 2 bridgehead atoms. The quantitative estimate of drug-likeness (QED) is 0.917. The van der Waals surface area contributed by atoms with Crippen molar-refractivity contribution in [1.29, 1.82) is 0 Å². The van der Waals surface area contributed by atoms with Crippen molar-refractivity contribution in [2.45, 2.75) is 56.0 Å². The maximum absolute atomic E-state index is 13.1. The zero-order valence-corrected chi connectivity index (χ0v) is 14.8. The number of fused-ring (bicyclic) bond motifs is 2. The predicted octanol–water partition coefficient (Wildman–Crippen LogP) is 2.75. The van der Waals surface area contributed by atoms with Crippen LogP contribution in [0.25, 0.3) is 0 Å². The number of halogens is 1. The van der Waals surface area contributed by atoms with Crippen molar-refractivity contribution in [2.24, 2.45) is 0 Å². The molecule has 0 amide bonds. The monoisotopic (exact) mass is 344 g/mol. The Morgan fingerprint density at radius 1 is 1.18 bits per heavy atom. The summed E-state index contributed by atoms with van der Waals surface area (Å²) in [5.41, 5.74) is 1.08. The van der Waals surface area contributed by atoms with Crippen LogP contribution in [0.15, 0.2) is 29.2 Å². The Morgan fingerprint density at radius 2 is 1.91 bits per heavy atom. The van der Waals surface area contributed by atoms with Gasteiger partial charge in [0.15, 0.2) is 0 Å². The maximum Gasteiger partial charge on any atom is 0.243 e. The van der Waals surface area contributed by atoms with Crippen LogP contribution in [0.2, 0.25) is 0 Å². The molecule has 3 rings (SSSR count). The van der Waals surface area contributed by atoms with E-state index in [1.165, 1.54) is 0 Å². The van der Waals surface area contributed by atoms with Crippen molar-refractivity contribution < 1.29 is 8.42 Å². The lowest BCUT2D eigenvalue weighted by molar-refractivity contribution is 0.334. The molecule has 1 aromatic carbocycles. The summed E-state index contributed by atoms with van der Waals surface area (Å²) >= 11 is 0. The van der Waals surface area contributed by atoms with Gasteiger partial charge in [-0.25, -0.2) is 8.42 Å². The number of rotatable bonds is 3. The molecule has 0 aromatic heterocycles. The molecule has 1 aromatic rings. The molecule has 0 aliphatic carbocycles. The first-order valence-electron chi connectivity index (χ1n) is 7.84. The van der Waals surface area contributed by atoms with Crippen molar-refractivity contribution in [1.82, 2.24) is 9.62 Å². The van der Waals surface area contributed by atoms with Gasteiger partial charge in [0.25, 0.3) is 0 Å². The number of nitrogens with one attached hydrogen (secondary N) is 1. The Balaban J connectivity index is 0.00000176. The fourth-order valence-corrected chi connectivity index (χ4v) is 5.44. The molecule has 2 heterocycles. The van der Waals surface area contributed by atoms with E-state index < -0.39 is 10.0 Å². The fourth-order valence-electron chi connectivity index (χ4n) is 3.49. The van der Waals surface area contributed by atoms with Gasteiger partial charge in [-0.15, -0.1) is 12.4 Å². The van der Waals surface area contributed by atoms with Gasteiger partial charge in [-0.2, -0.15) is 4.31 Å². The molecular formula is C16H25ClN2O2S. The summed E-state index contributed by atoms with van der Waals surface area (Å²) in [5.74, 6) is 0.336. The molecule has 22 heavy (non-hydrogen) atoms. The minimum atomic E-state index is -3.38. The van der Waals surface area contributed by atoms with E-state index in [0.717, 1.165) is 37.9 Å². The lowest BCUT2D eigenvalue weighted by Crippen LogP contribution is -2.42. The summed E-state index contributed by atoms with van der Waals surface area (Å²) in [6.45, 7) is 5.87. The van der Waals surface area contributed by atoms with Crippen LogP contribution in [-0.2, 0) is 10.0 Å². The highest BCUT2D eigenvalue weighted by molar-refractivity contribution is 7.89. The van der Waals surface area contributed by atoms with Crippen LogP contribution in [0, 0.1) is 0 Å². The van der Waals surface area contributed by atoms with E-state index in [2.05, 4.69) is 19.2 Å². The minimum Gasteiger partial charge on any atom is -0.315 e. The Bertz CT molecular complexity index is 604. The highest BCUT2D eigenvalue weighted by Crippen LogP contribution is 2.34. The zero-order valence-electron chi connectivity index (χ0n) is 13.2. The smallest absolute Gasteiger partial charge is 0.243 e. The molecule has 0 spiro atoms. The third-order valence-electron chi connectivity index (χ3n) is 4.69. The Kier molecular flexibility index (Phi) is 5.54. The number of benzene rings is 1. The zero-order chi connectivity index (χ0) is 15.0. The average Bonchev–Trinajstić information content (AvgIpc) is 2.73. The van der Waals surface area contributed by atoms with E-state index in [9.17, 15) is 8.42 Å². The summed E-state index contributed by atoms with van der Waals surface area (Å²) in [6, 6.07) is 7.72. The van der Waals surface area contributed by atoms with Crippen molar-refractivity contribution in [3.8, 4) is 0 Å². The largest absolute Gasteiger partial charge is 0.315 e. The van der Waals surface area contributed by atoms with Crippen LogP contribution in [-0.4, -0.2) is 37.9 Å². The molecule has 2 fully saturated rings. The minimum absolute atomic E-state index is 0. The molecule has 4 nitrogen and oxygen atoms in total. The summed E-state index contributed by atoms with van der Waals surface area (Å²) in [4.78, 5) is 0.451. The molecule has 6 heteroatoms. The number of sulfonamides is 1. The van der Waals surface area contributed by atoms with Gasteiger partial charge in [0.2, 0.25) is 10.0 Å². The molecule has 1 N–H and O–H groups in total. The van der Waals surface area contributed by atoms with Gasteiger partial charge >= 0.3 is 0 Å². The first-order chi connectivity index (χ1) is 10.00. The van der Waals surface area contributed by atoms with Gasteiger partial charge in [-0.1, -0.05) is 26.0 Å². The Hall–Kier alpha value is -0.620. The van der Waals surface area contributed by atoms with Crippen LogP contribution in [0.5, 0.6) is 0 Å². The number of hydrogen-bond acceptors (Lipinski definition) is 3. The molecule has 2 aliphatic rings. The second-order valence-corrected chi connectivity index (χ2v) is 8.28. The second-order valence-electron chi connectivity index (χ2n) is 6.44. The molecule has 124 valence electrons. The third kappa shape index (κ3) is 3.18. The first kappa shape index (κ1) is 17.7. The van der Waals surface area contributed by atoms with E-state index >= 15 is 0 Å². The van der Waals surface area contributed by atoms with Crippen molar-refractivity contribution in [2.75, 3.05) is 13.1 Å². The third-order valence-corrected chi connectivity index (χ3v) is 6.69. The van der Waals surface area contributed by atoms with Gasteiger partial charge in [0, 0.05) is 18.6 Å². The van der Waals surface area contributed by atoms with E-state index in [1.807, 2.05) is 18.2 Å². The topological polar surface area (TPSA) is 49.4 Å². The van der Waals surface area contributed by atoms with Gasteiger partial charge in [0.05, 0.1) is 4.90 Å². The van der Waals surface area contributed by atoms with Gasteiger partial charge in [0.1, 0.15) is 0 Å². The summed E-state index contributed by atoms with van der Waals surface area (Å²) in [5, 5.41) is 3.36. The van der Waals surface area contributed by atoms with E-state index in [4.69, 9.17) is 0 Å². The molecule has 2 aliphatic heterocycles. The lowest BCUT2D eigenvalue weighted by atomic mass is 10.0. The van der Waals surface area contributed by atoms with E-state index in [-0.39, 0.29) is 24.5 Å². The number of hydrogen-bond donors (Lipinski definition) is 1. The summed E-state index contributed by atoms with van der Waals surface area (Å²) < 4.78 is 27.9. The predicted molar refractivity (Wildman–Crippen MR) is 91.1 cm³/mol. The summed E-state index contributed by atoms with van der Waals surface area (Å²) in [7, 11) is -3.38. The first-order valence-corrected chi connectivity index (χ1v) is 9.28. The molecule has 2 unspecified atom stereocenters.